The maximum Gasteiger partial charge on any atom is 0.253 e. The summed E-state index contributed by atoms with van der Waals surface area (Å²) in [6.07, 6.45) is 5.48. The highest BCUT2D eigenvalue weighted by atomic mass is 16.3. The van der Waals surface area contributed by atoms with E-state index in [1.54, 1.807) is 6.20 Å². The summed E-state index contributed by atoms with van der Waals surface area (Å²) in [6.45, 7) is 5.93. The van der Waals surface area contributed by atoms with Gasteiger partial charge < -0.3 is 10.4 Å². The highest BCUT2D eigenvalue weighted by molar-refractivity contribution is 5.98. The van der Waals surface area contributed by atoms with Gasteiger partial charge in [0, 0.05) is 11.4 Å². The molecule has 2 heterocycles. The summed E-state index contributed by atoms with van der Waals surface area (Å²) < 4.78 is 1.86. The van der Waals surface area contributed by atoms with Gasteiger partial charge in [0.25, 0.3) is 5.91 Å². The highest BCUT2D eigenvalue weighted by Crippen LogP contribution is 2.30. The number of aliphatic hydroxyl groups excluding tert-OH is 1. The number of pyridine rings is 1. The minimum Gasteiger partial charge on any atom is -0.394 e. The standard InChI is InChI=1S/C17H24N4O2/c1-11(2)21-15-13(9-18-21)8-14(12(3)19-15)16(23)20-17(10-22)6-4-5-7-17/h8-9,11,22H,4-7,10H2,1-3H3,(H,20,23). The van der Waals surface area contributed by atoms with Crippen molar-refractivity contribution in [2.45, 2.75) is 58.0 Å². The van der Waals surface area contributed by atoms with E-state index in [0.717, 1.165) is 36.7 Å². The molecule has 2 aromatic rings. The summed E-state index contributed by atoms with van der Waals surface area (Å²) in [5, 5.41) is 17.9. The Hall–Kier alpha value is -1.95. The zero-order valence-electron chi connectivity index (χ0n) is 14.0. The molecular formula is C17H24N4O2. The third kappa shape index (κ3) is 2.83. The Morgan fingerprint density at radius 3 is 2.74 bits per heavy atom. The Kier molecular flexibility index (Phi) is 4.10. The monoisotopic (exact) mass is 316 g/mol. The molecule has 0 aliphatic heterocycles. The number of nitrogens with one attached hydrogen (secondary N) is 1. The molecule has 0 bridgehead atoms. The van der Waals surface area contributed by atoms with Crippen molar-refractivity contribution in [1.82, 2.24) is 20.1 Å². The Bertz CT molecular complexity index is 730. The number of aromatic nitrogens is 3. The zero-order chi connectivity index (χ0) is 16.6. The smallest absolute Gasteiger partial charge is 0.253 e. The number of nitrogens with zero attached hydrogens (tertiary/aromatic N) is 3. The van der Waals surface area contributed by atoms with Crippen molar-refractivity contribution in [3.05, 3.63) is 23.5 Å². The molecule has 0 saturated heterocycles. The average Bonchev–Trinajstić information content (AvgIpc) is 3.13. The molecule has 0 atom stereocenters. The largest absolute Gasteiger partial charge is 0.394 e. The molecular weight excluding hydrogens is 292 g/mol. The number of carbonyl (C=O) groups is 1. The van der Waals surface area contributed by atoms with E-state index < -0.39 is 5.54 Å². The summed E-state index contributed by atoms with van der Waals surface area (Å²) >= 11 is 0. The van der Waals surface area contributed by atoms with Crippen LogP contribution in [0, 0.1) is 6.92 Å². The van der Waals surface area contributed by atoms with Gasteiger partial charge in [-0.15, -0.1) is 0 Å². The first-order valence-electron chi connectivity index (χ1n) is 8.24. The summed E-state index contributed by atoms with van der Waals surface area (Å²) in [6, 6.07) is 2.06. The van der Waals surface area contributed by atoms with Gasteiger partial charge in [-0.05, 0) is 39.7 Å². The van der Waals surface area contributed by atoms with E-state index in [2.05, 4.69) is 29.2 Å². The van der Waals surface area contributed by atoms with Crippen molar-refractivity contribution in [2.24, 2.45) is 0 Å². The van der Waals surface area contributed by atoms with Crippen LogP contribution in [0.2, 0.25) is 0 Å². The number of carbonyl (C=O) groups excluding carboxylic acids is 1. The lowest BCUT2D eigenvalue weighted by Crippen LogP contribution is -2.49. The summed E-state index contributed by atoms with van der Waals surface area (Å²) in [7, 11) is 0. The van der Waals surface area contributed by atoms with E-state index in [1.165, 1.54) is 0 Å². The molecule has 3 rings (SSSR count). The number of rotatable bonds is 4. The first-order valence-corrected chi connectivity index (χ1v) is 8.24. The molecule has 6 heteroatoms. The Labute approximate surface area is 135 Å². The maximum atomic E-state index is 12.7. The molecule has 1 amide bonds. The van der Waals surface area contributed by atoms with Gasteiger partial charge in [-0.2, -0.15) is 5.10 Å². The number of fused-ring (bicyclic) bond motifs is 1. The van der Waals surface area contributed by atoms with E-state index >= 15 is 0 Å². The Morgan fingerprint density at radius 1 is 1.43 bits per heavy atom. The van der Waals surface area contributed by atoms with Gasteiger partial charge >= 0.3 is 0 Å². The van der Waals surface area contributed by atoms with Crippen LogP contribution in [0.5, 0.6) is 0 Å². The molecule has 2 N–H and O–H groups in total. The Balaban J connectivity index is 1.93. The molecule has 0 unspecified atom stereocenters. The van der Waals surface area contributed by atoms with E-state index in [9.17, 15) is 9.90 Å². The molecule has 0 radical (unpaired) electrons. The predicted octanol–water partition coefficient (Wildman–Crippen LogP) is 2.36. The molecule has 6 nitrogen and oxygen atoms in total. The molecule has 2 aromatic heterocycles. The van der Waals surface area contributed by atoms with Crippen LogP contribution in [0.15, 0.2) is 12.3 Å². The van der Waals surface area contributed by atoms with E-state index in [-0.39, 0.29) is 18.6 Å². The SMILES string of the molecule is Cc1nc2c(cnn2C(C)C)cc1C(=O)NC1(CO)CCCC1. The van der Waals surface area contributed by atoms with Gasteiger partial charge in [-0.1, -0.05) is 12.8 Å². The van der Waals surface area contributed by atoms with E-state index in [1.807, 2.05) is 17.7 Å². The van der Waals surface area contributed by atoms with Crippen LogP contribution in [0.3, 0.4) is 0 Å². The number of hydrogen-bond donors (Lipinski definition) is 2. The van der Waals surface area contributed by atoms with Crippen molar-refractivity contribution in [3.63, 3.8) is 0 Å². The lowest BCUT2D eigenvalue weighted by Gasteiger charge is -2.28. The fraction of sp³-hybridized carbons (Fsp3) is 0.588. The van der Waals surface area contributed by atoms with Crippen LogP contribution in [-0.4, -0.2) is 37.9 Å². The van der Waals surface area contributed by atoms with Crippen LogP contribution in [0.25, 0.3) is 11.0 Å². The first kappa shape index (κ1) is 15.9. The summed E-state index contributed by atoms with van der Waals surface area (Å²) in [5.74, 6) is -0.162. The van der Waals surface area contributed by atoms with Crippen molar-refractivity contribution >= 4 is 16.9 Å². The van der Waals surface area contributed by atoms with Crippen molar-refractivity contribution < 1.29 is 9.90 Å². The fourth-order valence-corrected chi connectivity index (χ4v) is 3.36. The van der Waals surface area contributed by atoms with Gasteiger partial charge in [0.1, 0.15) is 0 Å². The normalized spacial score (nSPS) is 17.1. The van der Waals surface area contributed by atoms with Gasteiger partial charge in [0.05, 0.1) is 29.6 Å². The number of aliphatic hydroxyl groups is 1. The van der Waals surface area contributed by atoms with Crippen molar-refractivity contribution in [1.29, 1.82) is 0 Å². The topological polar surface area (TPSA) is 80.0 Å². The third-order valence-corrected chi connectivity index (χ3v) is 4.74. The van der Waals surface area contributed by atoms with Crippen LogP contribution < -0.4 is 5.32 Å². The van der Waals surface area contributed by atoms with Gasteiger partial charge in [-0.25, -0.2) is 9.67 Å². The molecule has 1 fully saturated rings. The second-order valence-corrected chi connectivity index (χ2v) is 6.82. The molecule has 1 aliphatic rings. The maximum absolute atomic E-state index is 12.7. The second-order valence-electron chi connectivity index (χ2n) is 6.82. The van der Waals surface area contributed by atoms with E-state index in [4.69, 9.17) is 0 Å². The minimum absolute atomic E-state index is 0.0151. The van der Waals surface area contributed by atoms with Crippen LogP contribution >= 0.6 is 0 Å². The molecule has 0 spiro atoms. The number of aryl methyl sites for hydroxylation is 1. The average molecular weight is 316 g/mol. The fourth-order valence-electron chi connectivity index (χ4n) is 3.36. The van der Waals surface area contributed by atoms with Crippen molar-refractivity contribution in [3.8, 4) is 0 Å². The van der Waals surface area contributed by atoms with Gasteiger partial charge in [-0.3, -0.25) is 4.79 Å². The zero-order valence-corrected chi connectivity index (χ0v) is 14.0. The number of hydrogen-bond acceptors (Lipinski definition) is 4. The van der Waals surface area contributed by atoms with Crippen LogP contribution in [-0.2, 0) is 0 Å². The quantitative estimate of drug-likeness (QED) is 0.907. The predicted molar refractivity (Wildman–Crippen MR) is 88.4 cm³/mol. The Morgan fingerprint density at radius 2 is 2.13 bits per heavy atom. The molecule has 23 heavy (non-hydrogen) atoms. The summed E-state index contributed by atoms with van der Waals surface area (Å²) in [4.78, 5) is 17.3. The lowest BCUT2D eigenvalue weighted by atomic mass is 9.98. The third-order valence-electron chi connectivity index (χ3n) is 4.74. The second kappa shape index (κ2) is 5.92. The highest BCUT2D eigenvalue weighted by Gasteiger charge is 2.35. The van der Waals surface area contributed by atoms with Crippen LogP contribution in [0.1, 0.15) is 61.6 Å². The molecule has 124 valence electrons. The van der Waals surface area contributed by atoms with Gasteiger partial charge in [0.2, 0.25) is 0 Å². The molecule has 1 saturated carbocycles. The molecule has 1 aliphatic carbocycles. The minimum atomic E-state index is -0.472. The molecule has 0 aromatic carbocycles. The lowest BCUT2D eigenvalue weighted by molar-refractivity contribution is 0.0837. The van der Waals surface area contributed by atoms with E-state index in [0.29, 0.717) is 11.3 Å². The van der Waals surface area contributed by atoms with Crippen LogP contribution in [0.4, 0.5) is 0 Å². The first-order chi connectivity index (χ1) is 11.0. The number of amides is 1. The van der Waals surface area contributed by atoms with Crippen molar-refractivity contribution in [2.75, 3.05) is 6.61 Å². The van der Waals surface area contributed by atoms with Gasteiger partial charge in [0.15, 0.2) is 5.65 Å². The summed E-state index contributed by atoms with van der Waals surface area (Å²) in [5.41, 5.74) is 1.57.